The molecule has 0 aliphatic rings. The standard InChI is InChI=1S/C14H15NO2S/c1-10-2-5-12(17-10)9-15-14(16)8-11-3-6-13(18)7-4-11/h2-7,18H,8-9H2,1H3,(H,15,16). The van der Waals surface area contributed by atoms with Crippen molar-refractivity contribution in [2.24, 2.45) is 0 Å². The number of benzene rings is 1. The normalized spacial score (nSPS) is 10.3. The fourth-order valence-corrected chi connectivity index (χ4v) is 1.78. The highest BCUT2D eigenvalue weighted by Crippen LogP contribution is 2.09. The van der Waals surface area contributed by atoms with Gasteiger partial charge in [0.25, 0.3) is 0 Å². The molecule has 1 N–H and O–H groups in total. The van der Waals surface area contributed by atoms with Gasteiger partial charge in [0, 0.05) is 4.90 Å². The topological polar surface area (TPSA) is 42.2 Å². The summed E-state index contributed by atoms with van der Waals surface area (Å²) in [6.07, 6.45) is 0.369. The van der Waals surface area contributed by atoms with Crippen LogP contribution in [0, 0.1) is 6.92 Å². The Morgan fingerprint density at radius 3 is 2.56 bits per heavy atom. The molecule has 0 saturated carbocycles. The summed E-state index contributed by atoms with van der Waals surface area (Å²) < 4.78 is 5.38. The van der Waals surface area contributed by atoms with Crippen LogP contribution in [0.5, 0.6) is 0 Å². The van der Waals surface area contributed by atoms with Crippen LogP contribution in [-0.2, 0) is 17.8 Å². The Labute approximate surface area is 112 Å². The van der Waals surface area contributed by atoms with E-state index in [2.05, 4.69) is 17.9 Å². The SMILES string of the molecule is Cc1ccc(CNC(=O)Cc2ccc(S)cc2)o1. The summed E-state index contributed by atoms with van der Waals surface area (Å²) in [7, 11) is 0. The van der Waals surface area contributed by atoms with Crippen LogP contribution in [0.2, 0.25) is 0 Å². The zero-order valence-electron chi connectivity index (χ0n) is 10.1. The van der Waals surface area contributed by atoms with E-state index in [1.165, 1.54) is 0 Å². The minimum atomic E-state index is -0.0176. The van der Waals surface area contributed by atoms with E-state index in [1.807, 2.05) is 43.3 Å². The molecule has 18 heavy (non-hydrogen) atoms. The third-order valence-electron chi connectivity index (χ3n) is 2.56. The van der Waals surface area contributed by atoms with Crippen LogP contribution < -0.4 is 5.32 Å². The van der Waals surface area contributed by atoms with Crippen LogP contribution in [0.25, 0.3) is 0 Å². The van der Waals surface area contributed by atoms with Crippen LogP contribution in [0.15, 0.2) is 45.7 Å². The molecule has 2 aromatic rings. The Balaban J connectivity index is 1.83. The molecule has 0 bridgehead atoms. The Morgan fingerprint density at radius 2 is 1.94 bits per heavy atom. The van der Waals surface area contributed by atoms with Gasteiger partial charge < -0.3 is 9.73 Å². The highest BCUT2D eigenvalue weighted by Gasteiger charge is 2.04. The highest BCUT2D eigenvalue weighted by atomic mass is 32.1. The predicted molar refractivity (Wildman–Crippen MR) is 72.7 cm³/mol. The second-order valence-corrected chi connectivity index (χ2v) is 4.65. The minimum Gasteiger partial charge on any atom is -0.465 e. The van der Waals surface area contributed by atoms with Crippen molar-refractivity contribution < 1.29 is 9.21 Å². The van der Waals surface area contributed by atoms with E-state index in [0.29, 0.717) is 13.0 Å². The van der Waals surface area contributed by atoms with Gasteiger partial charge in [-0.3, -0.25) is 4.79 Å². The highest BCUT2D eigenvalue weighted by molar-refractivity contribution is 7.80. The number of nitrogens with one attached hydrogen (secondary N) is 1. The molecule has 4 heteroatoms. The maximum absolute atomic E-state index is 11.7. The predicted octanol–water partition coefficient (Wildman–Crippen LogP) is 2.74. The van der Waals surface area contributed by atoms with E-state index in [0.717, 1.165) is 22.0 Å². The molecule has 0 atom stereocenters. The van der Waals surface area contributed by atoms with Crippen molar-refractivity contribution >= 4 is 18.5 Å². The smallest absolute Gasteiger partial charge is 0.224 e. The first-order valence-electron chi connectivity index (χ1n) is 5.73. The molecule has 1 heterocycles. The molecule has 0 fully saturated rings. The second kappa shape index (κ2) is 5.78. The third kappa shape index (κ3) is 3.67. The van der Waals surface area contributed by atoms with Crippen LogP contribution in [0.3, 0.4) is 0 Å². The number of aryl methyl sites for hydroxylation is 1. The number of carbonyl (C=O) groups is 1. The molecule has 0 radical (unpaired) electrons. The van der Waals surface area contributed by atoms with Gasteiger partial charge in [-0.1, -0.05) is 12.1 Å². The van der Waals surface area contributed by atoms with Gasteiger partial charge in [0.1, 0.15) is 11.5 Å². The maximum Gasteiger partial charge on any atom is 0.224 e. The minimum absolute atomic E-state index is 0.0176. The Kier molecular flexibility index (Phi) is 4.10. The average molecular weight is 261 g/mol. The summed E-state index contributed by atoms with van der Waals surface area (Å²) in [6, 6.07) is 11.3. The lowest BCUT2D eigenvalue weighted by molar-refractivity contribution is -0.120. The molecule has 3 nitrogen and oxygen atoms in total. The summed E-state index contributed by atoms with van der Waals surface area (Å²) in [5.74, 6) is 1.60. The summed E-state index contributed by atoms with van der Waals surface area (Å²) in [5.41, 5.74) is 0.973. The summed E-state index contributed by atoms with van der Waals surface area (Å²) in [6.45, 7) is 2.31. The van der Waals surface area contributed by atoms with Crippen molar-refractivity contribution in [3.63, 3.8) is 0 Å². The third-order valence-corrected chi connectivity index (χ3v) is 2.85. The van der Waals surface area contributed by atoms with Crippen molar-refractivity contribution in [2.45, 2.75) is 24.8 Å². The van der Waals surface area contributed by atoms with Crippen molar-refractivity contribution in [3.8, 4) is 0 Å². The fourth-order valence-electron chi connectivity index (χ4n) is 1.63. The van der Waals surface area contributed by atoms with E-state index in [4.69, 9.17) is 4.42 Å². The molecule has 2 rings (SSSR count). The summed E-state index contributed by atoms with van der Waals surface area (Å²) in [5, 5.41) is 2.82. The van der Waals surface area contributed by atoms with Gasteiger partial charge in [0.15, 0.2) is 0 Å². The zero-order chi connectivity index (χ0) is 13.0. The number of amides is 1. The molecule has 0 unspecified atom stereocenters. The average Bonchev–Trinajstić information content (AvgIpc) is 2.76. The molecule has 0 spiro atoms. The van der Waals surface area contributed by atoms with Crippen molar-refractivity contribution in [1.29, 1.82) is 0 Å². The van der Waals surface area contributed by atoms with Gasteiger partial charge in [-0.05, 0) is 36.8 Å². The number of carbonyl (C=O) groups excluding carboxylic acids is 1. The van der Waals surface area contributed by atoms with Gasteiger partial charge in [-0.2, -0.15) is 0 Å². The molecule has 0 aliphatic heterocycles. The van der Waals surface area contributed by atoms with Crippen LogP contribution >= 0.6 is 12.6 Å². The van der Waals surface area contributed by atoms with E-state index < -0.39 is 0 Å². The van der Waals surface area contributed by atoms with E-state index in [1.54, 1.807) is 0 Å². The molecule has 1 aromatic heterocycles. The summed E-state index contributed by atoms with van der Waals surface area (Å²) >= 11 is 4.20. The van der Waals surface area contributed by atoms with Crippen LogP contribution in [0.1, 0.15) is 17.1 Å². The Hall–Kier alpha value is -1.68. The maximum atomic E-state index is 11.7. The fraction of sp³-hybridized carbons (Fsp3) is 0.214. The van der Waals surface area contributed by atoms with Crippen molar-refractivity contribution in [1.82, 2.24) is 5.32 Å². The molecule has 0 aliphatic carbocycles. The molecule has 1 amide bonds. The number of rotatable bonds is 4. The first-order valence-corrected chi connectivity index (χ1v) is 6.18. The van der Waals surface area contributed by atoms with Gasteiger partial charge >= 0.3 is 0 Å². The lowest BCUT2D eigenvalue weighted by Crippen LogP contribution is -2.24. The van der Waals surface area contributed by atoms with E-state index >= 15 is 0 Å². The molecule has 0 saturated heterocycles. The van der Waals surface area contributed by atoms with E-state index in [-0.39, 0.29) is 5.91 Å². The monoisotopic (exact) mass is 261 g/mol. The molecule has 1 aromatic carbocycles. The lowest BCUT2D eigenvalue weighted by Gasteiger charge is -2.03. The Bertz CT molecular complexity index is 531. The quantitative estimate of drug-likeness (QED) is 0.831. The Morgan fingerprint density at radius 1 is 1.22 bits per heavy atom. The number of hydrogen-bond acceptors (Lipinski definition) is 3. The zero-order valence-corrected chi connectivity index (χ0v) is 11.0. The van der Waals surface area contributed by atoms with Gasteiger partial charge in [0.05, 0.1) is 13.0 Å². The number of furan rings is 1. The lowest BCUT2D eigenvalue weighted by atomic mass is 10.1. The molecular formula is C14H15NO2S. The number of hydrogen-bond donors (Lipinski definition) is 2. The van der Waals surface area contributed by atoms with Crippen molar-refractivity contribution in [2.75, 3.05) is 0 Å². The number of thiol groups is 1. The van der Waals surface area contributed by atoms with Crippen LogP contribution in [0.4, 0.5) is 0 Å². The largest absolute Gasteiger partial charge is 0.465 e. The van der Waals surface area contributed by atoms with E-state index in [9.17, 15) is 4.79 Å². The first-order chi connectivity index (χ1) is 8.63. The van der Waals surface area contributed by atoms with Crippen molar-refractivity contribution in [3.05, 3.63) is 53.5 Å². The van der Waals surface area contributed by atoms with Crippen LogP contribution in [-0.4, -0.2) is 5.91 Å². The molecule has 94 valence electrons. The molecular weight excluding hydrogens is 246 g/mol. The van der Waals surface area contributed by atoms with Gasteiger partial charge in [-0.15, -0.1) is 12.6 Å². The first kappa shape index (κ1) is 12.8. The van der Waals surface area contributed by atoms with Gasteiger partial charge in [-0.25, -0.2) is 0 Å². The van der Waals surface area contributed by atoms with Gasteiger partial charge in [0.2, 0.25) is 5.91 Å². The summed E-state index contributed by atoms with van der Waals surface area (Å²) in [4.78, 5) is 12.6. The second-order valence-electron chi connectivity index (χ2n) is 4.13.